The number of carbonyl (C=O) groups is 3. The number of piperidine rings is 1. The Hall–Kier alpha value is -2.75. The normalized spacial score (nSPS) is 22.9. The fraction of sp³-hybridized carbons (Fsp3) is 0.500. The molecule has 3 N–H and O–H groups in total. The molecule has 3 saturated heterocycles. The molecule has 4 rings (SSSR count). The van der Waals surface area contributed by atoms with Gasteiger partial charge in [0.05, 0.1) is 12.0 Å². The Kier molecular flexibility index (Phi) is 4.88. The zero-order valence-corrected chi connectivity index (χ0v) is 15.0. The van der Waals surface area contributed by atoms with Gasteiger partial charge in [0.1, 0.15) is 17.7 Å². The molecule has 3 amide bonds. The van der Waals surface area contributed by atoms with Crippen molar-refractivity contribution in [2.45, 2.75) is 30.9 Å². The van der Waals surface area contributed by atoms with Crippen molar-refractivity contribution in [3.05, 3.63) is 29.3 Å². The maximum Gasteiger partial charge on any atom is 0.407 e. The van der Waals surface area contributed by atoms with E-state index in [-0.39, 0.29) is 30.6 Å². The molecule has 3 fully saturated rings. The Bertz CT molecular complexity index is 801. The van der Waals surface area contributed by atoms with E-state index >= 15 is 0 Å². The predicted octanol–water partition coefficient (Wildman–Crippen LogP) is 0.372. The molecule has 28 heavy (non-hydrogen) atoms. The van der Waals surface area contributed by atoms with Gasteiger partial charge in [-0.05, 0) is 18.6 Å². The molecule has 3 aliphatic heterocycles. The first-order valence-electron chi connectivity index (χ1n) is 9.16. The molecule has 10 heteroatoms. The molecule has 0 radical (unpaired) electrons. The Balaban J connectivity index is 1.37. The van der Waals surface area contributed by atoms with Crippen molar-refractivity contribution in [1.82, 2.24) is 16.0 Å². The molecule has 0 aliphatic carbocycles. The number of nitrogens with one attached hydrogen (secondary N) is 3. The van der Waals surface area contributed by atoms with Crippen LogP contribution < -0.4 is 20.9 Å². The minimum atomic E-state index is -1.02. The van der Waals surface area contributed by atoms with Crippen molar-refractivity contribution in [2.24, 2.45) is 0 Å². The van der Waals surface area contributed by atoms with Gasteiger partial charge < -0.3 is 20.3 Å². The van der Waals surface area contributed by atoms with Crippen LogP contribution in [0.3, 0.4) is 0 Å². The lowest BCUT2D eigenvalue weighted by Gasteiger charge is -2.41. The molecule has 3 heterocycles. The number of carbonyl (C=O) groups excluding carboxylic acids is 3. The monoisotopic (exact) mass is 394 g/mol. The number of alkyl carbamates (subject to hydrolysis) is 1. The SMILES string of the molecule is O=C1CCC(c2c(F)cc(N3CC(NC(=O)OC4CNC4)C3)cc2F)C(=O)N1. The van der Waals surface area contributed by atoms with Gasteiger partial charge in [0, 0.05) is 43.9 Å². The average Bonchev–Trinajstić information content (AvgIpc) is 2.55. The number of nitrogens with zero attached hydrogens (tertiary/aromatic N) is 1. The minimum absolute atomic E-state index is 0.0452. The largest absolute Gasteiger partial charge is 0.444 e. The highest BCUT2D eigenvalue weighted by molar-refractivity contribution is 6.01. The lowest BCUT2D eigenvalue weighted by Crippen LogP contribution is -2.60. The highest BCUT2D eigenvalue weighted by Gasteiger charge is 2.35. The summed E-state index contributed by atoms with van der Waals surface area (Å²) < 4.78 is 34.3. The van der Waals surface area contributed by atoms with Crippen molar-refractivity contribution in [3.63, 3.8) is 0 Å². The molecule has 1 unspecified atom stereocenters. The molecule has 0 aromatic heterocycles. The number of hydrogen-bond donors (Lipinski definition) is 3. The minimum Gasteiger partial charge on any atom is -0.444 e. The van der Waals surface area contributed by atoms with Crippen molar-refractivity contribution >= 4 is 23.6 Å². The van der Waals surface area contributed by atoms with E-state index in [4.69, 9.17) is 4.74 Å². The van der Waals surface area contributed by atoms with Gasteiger partial charge in [0.25, 0.3) is 0 Å². The maximum absolute atomic E-state index is 14.6. The van der Waals surface area contributed by atoms with E-state index in [2.05, 4.69) is 16.0 Å². The van der Waals surface area contributed by atoms with Gasteiger partial charge in [-0.15, -0.1) is 0 Å². The summed E-state index contributed by atoms with van der Waals surface area (Å²) >= 11 is 0. The third kappa shape index (κ3) is 3.64. The molecule has 150 valence electrons. The summed E-state index contributed by atoms with van der Waals surface area (Å²) in [6.07, 6.45) is -0.490. The van der Waals surface area contributed by atoms with Gasteiger partial charge in [-0.3, -0.25) is 14.9 Å². The van der Waals surface area contributed by atoms with Gasteiger partial charge in [-0.1, -0.05) is 0 Å². The van der Waals surface area contributed by atoms with E-state index in [9.17, 15) is 23.2 Å². The molecule has 0 spiro atoms. The fourth-order valence-electron chi connectivity index (χ4n) is 3.53. The average molecular weight is 394 g/mol. The van der Waals surface area contributed by atoms with Crippen LogP contribution >= 0.6 is 0 Å². The van der Waals surface area contributed by atoms with Crippen molar-refractivity contribution in [2.75, 3.05) is 31.1 Å². The Morgan fingerprint density at radius 2 is 1.86 bits per heavy atom. The molecule has 0 bridgehead atoms. The highest BCUT2D eigenvalue weighted by Crippen LogP contribution is 2.33. The molecular weight excluding hydrogens is 374 g/mol. The van der Waals surface area contributed by atoms with Gasteiger partial charge in [-0.25, -0.2) is 13.6 Å². The van der Waals surface area contributed by atoms with Crippen molar-refractivity contribution in [1.29, 1.82) is 0 Å². The Morgan fingerprint density at radius 3 is 2.43 bits per heavy atom. The van der Waals surface area contributed by atoms with E-state index < -0.39 is 35.5 Å². The molecule has 1 aromatic carbocycles. The summed E-state index contributed by atoms with van der Waals surface area (Å²) in [5, 5.41) is 7.82. The first-order chi connectivity index (χ1) is 13.4. The summed E-state index contributed by atoms with van der Waals surface area (Å²) in [5.41, 5.74) is 0.0160. The second-order valence-electron chi connectivity index (χ2n) is 7.26. The Morgan fingerprint density at radius 1 is 1.18 bits per heavy atom. The van der Waals surface area contributed by atoms with Crippen LogP contribution in [0.5, 0.6) is 0 Å². The molecule has 8 nitrogen and oxygen atoms in total. The summed E-state index contributed by atoms with van der Waals surface area (Å²) in [7, 11) is 0. The van der Waals surface area contributed by atoms with Gasteiger partial charge in [0.2, 0.25) is 11.8 Å². The van der Waals surface area contributed by atoms with Crippen LogP contribution in [-0.4, -0.2) is 56.2 Å². The van der Waals surface area contributed by atoms with E-state index in [0.29, 0.717) is 31.9 Å². The number of imide groups is 1. The number of anilines is 1. The van der Waals surface area contributed by atoms with Crippen LogP contribution in [-0.2, 0) is 14.3 Å². The van der Waals surface area contributed by atoms with Gasteiger partial charge in [-0.2, -0.15) is 0 Å². The Labute approximate surface area is 159 Å². The van der Waals surface area contributed by atoms with Crippen LogP contribution in [0, 0.1) is 11.6 Å². The second kappa shape index (κ2) is 7.34. The topological polar surface area (TPSA) is 99.8 Å². The zero-order chi connectivity index (χ0) is 19.8. The van der Waals surface area contributed by atoms with E-state index in [0.717, 1.165) is 0 Å². The van der Waals surface area contributed by atoms with E-state index in [1.54, 1.807) is 4.90 Å². The fourth-order valence-corrected chi connectivity index (χ4v) is 3.53. The lowest BCUT2D eigenvalue weighted by atomic mass is 9.89. The van der Waals surface area contributed by atoms with E-state index in [1.807, 2.05) is 0 Å². The van der Waals surface area contributed by atoms with Crippen molar-refractivity contribution < 1.29 is 27.9 Å². The smallest absolute Gasteiger partial charge is 0.407 e. The number of amides is 3. The van der Waals surface area contributed by atoms with Crippen LogP contribution in [0.2, 0.25) is 0 Å². The van der Waals surface area contributed by atoms with E-state index in [1.165, 1.54) is 12.1 Å². The number of hydrogen-bond acceptors (Lipinski definition) is 6. The molecule has 0 saturated carbocycles. The summed E-state index contributed by atoms with van der Waals surface area (Å²) in [5.74, 6) is -3.79. The maximum atomic E-state index is 14.6. The quantitative estimate of drug-likeness (QED) is 0.639. The number of ether oxygens (including phenoxy) is 1. The van der Waals surface area contributed by atoms with Gasteiger partial charge >= 0.3 is 6.09 Å². The lowest BCUT2D eigenvalue weighted by molar-refractivity contribution is -0.134. The molecule has 1 atom stereocenters. The summed E-state index contributed by atoms with van der Waals surface area (Å²) in [6.45, 7) is 2.08. The molecular formula is C18H20F2N4O4. The summed E-state index contributed by atoms with van der Waals surface area (Å²) in [6, 6.07) is 2.19. The molecule has 1 aromatic rings. The zero-order valence-electron chi connectivity index (χ0n) is 15.0. The number of halogens is 2. The van der Waals surface area contributed by atoms with Crippen LogP contribution in [0.25, 0.3) is 0 Å². The number of rotatable bonds is 4. The van der Waals surface area contributed by atoms with Gasteiger partial charge in [0.15, 0.2) is 0 Å². The first kappa shape index (κ1) is 18.6. The van der Waals surface area contributed by atoms with Crippen LogP contribution in [0.1, 0.15) is 24.3 Å². The third-order valence-electron chi connectivity index (χ3n) is 5.24. The standard InChI is InChI=1S/C18H20F2N4O4/c19-13-3-10(4-14(20)16(13)12-1-2-15(25)23-17(12)26)24-7-9(8-24)22-18(27)28-11-5-21-6-11/h3-4,9,11-12,21H,1-2,5-8H2,(H,22,27)(H,23,25,26). The summed E-state index contributed by atoms with van der Waals surface area (Å²) in [4.78, 5) is 36.6. The van der Waals surface area contributed by atoms with Crippen LogP contribution in [0.4, 0.5) is 19.3 Å². The van der Waals surface area contributed by atoms with Crippen LogP contribution in [0.15, 0.2) is 12.1 Å². The second-order valence-corrected chi connectivity index (χ2v) is 7.26. The number of benzene rings is 1. The first-order valence-corrected chi connectivity index (χ1v) is 9.16. The predicted molar refractivity (Wildman–Crippen MR) is 93.8 cm³/mol. The molecule has 3 aliphatic rings. The highest BCUT2D eigenvalue weighted by atomic mass is 19.1. The van der Waals surface area contributed by atoms with Crippen molar-refractivity contribution in [3.8, 4) is 0 Å². The third-order valence-corrected chi connectivity index (χ3v) is 5.24.